The number of rotatable bonds is 1. The van der Waals surface area contributed by atoms with Gasteiger partial charge in [-0.15, -0.1) is 0 Å². The fourth-order valence-corrected chi connectivity index (χ4v) is 1.54. The first-order valence-corrected chi connectivity index (χ1v) is 4.35. The summed E-state index contributed by atoms with van der Waals surface area (Å²) in [4.78, 5) is 10.6. The van der Waals surface area contributed by atoms with Gasteiger partial charge in [0.1, 0.15) is 0 Å². The van der Waals surface area contributed by atoms with Crippen LogP contribution in [0.3, 0.4) is 0 Å². The number of aliphatic carboxylic acids is 1. The molecule has 0 saturated carbocycles. The fraction of sp³-hybridized carbons (Fsp3) is 0.300. The molecule has 3 nitrogen and oxygen atoms in total. The van der Waals surface area contributed by atoms with Crippen molar-refractivity contribution in [1.29, 1.82) is 0 Å². The second-order valence-electron chi connectivity index (χ2n) is 3.21. The molecule has 1 aromatic rings. The summed E-state index contributed by atoms with van der Waals surface area (Å²) in [5.74, 6) is -1.45. The van der Waals surface area contributed by atoms with E-state index in [9.17, 15) is 9.18 Å². The summed E-state index contributed by atoms with van der Waals surface area (Å²) >= 11 is 0. The van der Waals surface area contributed by atoms with Gasteiger partial charge in [-0.1, -0.05) is 12.1 Å². The number of ether oxygens (including phenoxy) is 1. The molecule has 1 N–H and O–H groups in total. The van der Waals surface area contributed by atoms with Gasteiger partial charge in [0.05, 0.1) is 0 Å². The number of para-hydroxylation sites is 1. The third-order valence-corrected chi connectivity index (χ3v) is 2.26. The number of halogens is 1. The zero-order valence-corrected chi connectivity index (χ0v) is 7.37. The molecule has 1 unspecified atom stereocenters. The Hall–Kier alpha value is -1.58. The standard InChI is InChI=1S/C10H9FO3/c11-7-3-1-2-6-4-5-8(10(12)13)14-9(6)7/h1-3,8H,4-5H2,(H,12,13). The maximum Gasteiger partial charge on any atom is 0.344 e. The van der Waals surface area contributed by atoms with Crippen LogP contribution in [0.25, 0.3) is 0 Å². The maximum absolute atomic E-state index is 13.2. The zero-order valence-electron chi connectivity index (χ0n) is 7.37. The molecule has 1 aliphatic heterocycles. The van der Waals surface area contributed by atoms with Crippen molar-refractivity contribution in [3.05, 3.63) is 29.6 Å². The van der Waals surface area contributed by atoms with E-state index in [0.717, 1.165) is 5.56 Å². The Morgan fingerprint density at radius 3 is 3.07 bits per heavy atom. The minimum Gasteiger partial charge on any atom is -0.479 e. The van der Waals surface area contributed by atoms with Crippen LogP contribution in [0.2, 0.25) is 0 Å². The van der Waals surface area contributed by atoms with Crippen LogP contribution in [0.15, 0.2) is 18.2 Å². The van der Waals surface area contributed by atoms with Crippen molar-refractivity contribution < 1.29 is 19.0 Å². The molecule has 1 atom stereocenters. The summed E-state index contributed by atoms with van der Waals surface area (Å²) < 4.78 is 18.2. The highest BCUT2D eigenvalue weighted by Gasteiger charge is 2.27. The van der Waals surface area contributed by atoms with E-state index in [2.05, 4.69) is 0 Å². The Morgan fingerprint density at radius 1 is 1.57 bits per heavy atom. The van der Waals surface area contributed by atoms with Gasteiger partial charge in [0, 0.05) is 0 Å². The Balaban J connectivity index is 2.33. The molecule has 74 valence electrons. The molecule has 0 bridgehead atoms. The number of hydrogen-bond acceptors (Lipinski definition) is 2. The number of hydrogen-bond donors (Lipinski definition) is 1. The lowest BCUT2D eigenvalue weighted by Gasteiger charge is -2.23. The van der Waals surface area contributed by atoms with Crippen molar-refractivity contribution >= 4 is 5.97 Å². The monoisotopic (exact) mass is 196 g/mol. The van der Waals surface area contributed by atoms with Gasteiger partial charge >= 0.3 is 5.97 Å². The van der Waals surface area contributed by atoms with E-state index in [1.54, 1.807) is 12.1 Å². The van der Waals surface area contributed by atoms with E-state index >= 15 is 0 Å². The number of fused-ring (bicyclic) bond motifs is 1. The lowest BCUT2D eigenvalue weighted by Crippen LogP contribution is -2.31. The third kappa shape index (κ3) is 1.43. The highest BCUT2D eigenvalue weighted by molar-refractivity contribution is 5.73. The number of aryl methyl sites for hydroxylation is 1. The summed E-state index contributed by atoms with van der Waals surface area (Å²) in [5.41, 5.74) is 0.738. The van der Waals surface area contributed by atoms with E-state index in [0.29, 0.717) is 12.8 Å². The average molecular weight is 196 g/mol. The van der Waals surface area contributed by atoms with E-state index < -0.39 is 17.9 Å². The molecule has 4 heteroatoms. The second kappa shape index (κ2) is 3.29. The Kier molecular flexibility index (Phi) is 2.11. The van der Waals surface area contributed by atoms with Gasteiger partial charge in [-0.3, -0.25) is 0 Å². The molecule has 0 aromatic heterocycles. The van der Waals surface area contributed by atoms with Crippen molar-refractivity contribution in [2.75, 3.05) is 0 Å². The molecule has 1 aromatic carbocycles. The minimum absolute atomic E-state index is 0.0890. The van der Waals surface area contributed by atoms with E-state index in [-0.39, 0.29) is 5.75 Å². The van der Waals surface area contributed by atoms with E-state index in [4.69, 9.17) is 9.84 Å². The fourth-order valence-electron chi connectivity index (χ4n) is 1.54. The normalized spacial score (nSPS) is 19.6. The highest BCUT2D eigenvalue weighted by atomic mass is 19.1. The molecule has 0 fully saturated rings. The largest absolute Gasteiger partial charge is 0.479 e. The van der Waals surface area contributed by atoms with Gasteiger partial charge in [0.25, 0.3) is 0 Å². The van der Waals surface area contributed by atoms with E-state index in [1.165, 1.54) is 6.07 Å². The lowest BCUT2D eigenvalue weighted by molar-refractivity contribution is -0.145. The zero-order chi connectivity index (χ0) is 10.1. The number of carboxylic acids is 1. The molecule has 0 radical (unpaired) electrons. The molecular formula is C10H9FO3. The van der Waals surface area contributed by atoms with Gasteiger partial charge in [-0.25, -0.2) is 9.18 Å². The van der Waals surface area contributed by atoms with Gasteiger partial charge in [-0.2, -0.15) is 0 Å². The van der Waals surface area contributed by atoms with Crippen LogP contribution < -0.4 is 4.74 Å². The van der Waals surface area contributed by atoms with Crippen LogP contribution in [-0.4, -0.2) is 17.2 Å². The summed E-state index contributed by atoms with van der Waals surface area (Å²) in [6, 6.07) is 4.61. The first-order chi connectivity index (χ1) is 6.68. The van der Waals surface area contributed by atoms with Gasteiger partial charge in [-0.05, 0) is 24.5 Å². The molecule has 0 aliphatic carbocycles. The summed E-state index contributed by atoms with van der Waals surface area (Å²) in [6.07, 6.45) is 0.0231. The predicted octanol–water partition coefficient (Wildman–Crippen LogP) is 1.60. The molecule has 0 amide bonds. The average Bonchev–Trinajstić information content (AvgIpc) is 2.18. The maximum atomic E-state index is 13.2. The smallest absolute Gasteiger partial charge is 0.344 e. The quantitative estimate of drug-likeness (QED) is 0.742. The van der Waals surface area contributed by atoms with Crippen molar-refractivity contribution in [2.45, 2.75) is 18.9 Å². The van der Waals surface area contributed by atoms with Gasteiger partial charge in [0.15, 0.2) is 17.7 Å². The molecule has 14 heavy (non-hydrogen) atoms. The Bertz CT molecular complexity index is 376. The minimum atomic E-state index is -1.04. The van der Waals surface area contributed by atoms with Crippen LogP contribution in [0, 0.1) is 5.82 Å². The van der Waals surface area contributed by atoms with Crippen LogP contribution in [0.5, 0.6) is 5.75 Å². The van der Waals surface area contributed by atoms with Crippen LogP contribution >= 0.6 is 0 Å². The molecule has 1 aliphatic rings. The molecule has 1 heterocycles. The van der Waals surface area contributed by atoms with Crippen molar-refractivity contribution in [1.82, 2.24) is 0 Å². The van der Waals surface area contributed by atoms with E-state index in [1.807, 2.05) is 0 Å². The SMILES string of the molecule is O=C(O)C1CCc2cccc(F)c2O1. The third-order valence-electron chi connectivity index (χ3n) is 2.26. The van der Waals surface area contributed by atoms with Crippen LogP contribution in [0.4, 0.5) is 4.39 Å². The summed E-state index contributed by atoms with van der Waals surface area (Å²) in [6.45, 7) is 0. The summed E-state index contributed by atoms with van der Waals surface area (Å²) in [5, 5.41) is 8.71. The predicted molar refractivity (Wildman–Crippen MR) is 46.8 cm³/mol. The van der Waals surface area contributed by atoms with Gasteiger partial charge in [0.2, 0.25) is 0 Å². The molecular weight excluding hydrogens is 187 g/mol. The topological polar surface area (TPSA) is 46.5 Å². The highest BCUT2D eigenvalue weighted by Crippen LogP contribution is 2.30. The Morgan fingerprint density at radius 2 is 2.36 bits per heavy atom. The molecule has 2 rings (SSSR count). The van der Waals surface area contributed by atoms with Crippen molar-refractivity contribution in [3.8, 4) is 5.75 Å². The molecule has 0 saturated heterocycles. The number of benzene rings is 1. The second-order valence-corrected chi connectivity index (χ2v) is 3.21. The number of carbonyl (C=O) groups is 1. The van der Waals surface area contributed by atoms with Crippen LogP contribution in [-0.2, 0) is 11.2 Å². The number of carboxylic acid groups (broad SMARTS) is 1. The van der Waals surface area contributed by atoms with Crippen LogP contribution in [0.1, 0.15) is 12.0 Å². The first-order valence-electron chi connectivity index (χ1n) is 4.35. The summed E-state index contributed by atoms with van der Waals surface area (Å²) in [7, 11) is 0. The lowest BCUT2D eigenvalue weighted by atomic mass is 10.0. The molecule has 0 spiro atoms. The Labute approximate surface area is 80.1 Å². The van der Waals surface area contributed by atoms with Crippen molar-refractivity contribution in [2.24, 2.45) is 0 Å². The first kappa shape index (κ1) is 8.99. The van der Waals surface area contributed by atoms with Crippen molar-refractivity contribution in [3.63, 3.8) is 0 Å². The van der Waals surface area contributed by atoms with Gasteiger partial charge < -0.3 is 9.84 Å².